The fourth-order valence-electron chi connectivity index (χ4n) is 1.95. The van der Waals surface area contributed by atoms with Gasteiger partial charge in [-0.05, 0) is 72.9 Å². The van der Waals surface area contributed by atoms with Gasteiger partial charge in [0.1, 0.15) is 11.0 Å². The lowest BCUT2D eigenvalue weighted by Gasteiger charge is -2.12. The zero-order chi connectivity index (χ0) is 19.8. The van der Waals surface area contributed by atoms with Gasteiger partial charge in [0.05, 0.1) is 4.90 Å². The Morgan fingerprint density at radius 3 is 2.22 bits per heavy atom. The number of anilines is 2. The maximum atomic E-state index is 12.4. The smallest absolute Gasteiger partial charge is 0.175 e. The van der Waals surface area contributed by atoms with Crippen LogP contribution in [0.25, 0.3) is 0 Å². The third-order valence-electron chi connectivity index (χ3n) is 3.17. The molecular weight excluding hydrogens is 421 g/mol. The summed E-state index contributed by atoms with van der Waals surface area (Å²) in [6.45, 7) is 7.27. The van der Waals surface area contributed by atoms with E-state index in [1.165, 1.54) is 0 Å². The van der Waals surface area contributed by atoms with Gasteiger partial charge in [0.25, 0.3) is 0 Å². The maximum Gasteiger partial charge on any atom is 0.175 e. The molecule has 0 aromatic heterocycles. The third-order valence-corrected chi connectivity index (χ3v) is 4.86. The molecule has 0 bridgehead atoms. The summed E-state index contributed by atoms with van der Waals surface area (Å²) in [7, 11) is -1.40. The lowest BCUT2D eigenvalue weighted by Crippen LogP contribution is -2.27. The summed E-state index contributed by atoms with van der Waals surface area (Å²) in [5.74, 6) is 0. The summed E-state index contributed by atoms with van der Waals surface area (Å²) in [5, 5.41) is 7.33. The number of hydrogen-bond donors (Lipinski definition) is 3. The summed E-state index contributed by atoms with van der Waals surface area (Å²) in [4.78, 5) is 0.625. The van der Waals surface area contributed by atoms with E-state index >= 15 is 0 Å². The average molecular weight is 438 g/mol. The summed E-state index contributed by atoms with van der Waals surface area (Å²) >= 11 is 16.8. The van der Waals surface area contributed by atoms with Crippen molar-refractivity contribution in [2.45, 2.75) is 4.90 Å². The van der Waals surface area contributed by atoms with E-state index in [9.17, 15) is 4.21 Å². The van der Waals surface area contributed by atoms with Crippen LogP contribution in [0.1, 0.15) is 0 Å². The number of benzene rings is 2. The first kappa shape index (κ1) is 21.2. The molecule has 3 N–H and O–H groups in total. The third kappa shape index (κ3) is 7.19. The molecule has 0 heterocycles. The van der Waals surface area contributed by atoms with Crippen molar-refractivity contribution in [3.05, 3.63) is 89.6 Å². The number of halogens is 2. The first-order valence-electron chi connectivity index (χ1n) is 7.68. The molecule has 2 rings (SSSR count). The minimum absolute atomic E-state index is 0.361. The maximum absolute atomic E-state index is 12.4. The lowest BCUT2D eigenvalue weighted by atomic mass is 10.3. The summed E-state index contributed by atoms with van der Waals surface area (Å²) in [6, 6.07) is 14.0. The van der Waals surface area contributed by atoms with Crippen LogP contribution in [0.5, 0.6) is 0 Å². The quantitative estimate of drug-likeness (QED) is 0.390. The van der Waals surface area contributed by atoms with Gasteiger partial charge in [0.2, 0.25) is 0 Å². The van der Waals surface area contributed by atoms with Crippen LogP contribution >= 0.6 is 35.4 Å². The van der Waals surface area contributed by atoms with Crippen molar-refractivity contribution in [3.8, 4) is 0 Å². The Balaban J connectivity index is 1.96. The van der Waals surface area contributed by atoms with E-state index < -0.39 is 11.0 Å². The van der Waals surface area contributed by atoms with Crippen LogP contribution in [-0.4, -0.2) is 9.32 Å². The van der Waals surface area contributed by atoms with Crippen molar-refractivity contribution in [2.24, 2.45) is 0 Å². The van der Waals surface area contributed by atoms with Crippen molar-refractivity contribution < 1.29 is 4.21 Å². The number of thiocarbonyl (C=S) groups is 1. The molecule has 2 aromatic rings. The molecule has 2 aromatic carbocycles. The summed E-state index contributed by atoms with van der Waals surface area (Å²) in [6.07, 6.45) is 3.19. The highest BCUT2D eigenvalue weighted by Crippen LogP contribution is 2.18. The number of nitrogens with one attached hydrogen (secondary N) is 3. The highest BCUT2D eigenvalue weighted by molar-refractivity contribution is 7.86. The van der Waals surface area contributed by atoms with Gasteiger partial charge < -0.3 is 15.4 Å². The molecule has 0 aliphatic rings. The summed E-state index contributed by atoms with van der Waals surface area (Å²) in [5.41, 5.74) is 2.08. The van der Waals surface area contributed by atoms with E-state index in [2.05, 4.69) is 28.5 Å². The molecule has 0 saturated carbocycles. The zero-order valence-electron chi connectivity index (χ0n) is 14.2. The highest BCUT2D eigenvalue weighted by Gasteiger charge is 2.05. The van der Waals surface area contributed by atoms with Crippen molar-refractivity contribution in [1.29, 1.82) is 0 Å². The molecule has 1 unspecified atom stereocenters. The van der Waals surface area contributed by atoms with Gasteiger partial charge in [-0.3, -0.25) is 0 Å². The van der Waals surface area contributed by atoms with Gasteiger partial charge >= 0.3 is 0 Å². The molecule has 0 radical (unpaired) electrons. The Labute approximate surface area is 176 Å². The van der Waals surface area contributed by atoms with Gasteiger partial charge in [-0.1, -0.05) is 36.4 Å². The molecule has 1 atom stereocenters. The predicted octanol–water partition coefficient (Wildman–Crippen LogP) is 5.58. The summed E-state index contributed by atoms with van der Waals surface area (Å²) < 4.78 is 15.3. The Bertz CT molecular complexity index is 894. The van der Waals surface area contributed by atoms with Gasteiger partial charge in [-0.15, -0.1) is 0 Å². The molecule has 0 saturated heterocycles. The van der Waals surface area contributed by atoms with E-state index in [1.807, 2.05) is 0 Å². The molecule has 0 aliphatic heterocycles. The Hall–Kier alpha value is -2.12. The predicted molar refractivity (Wildman–Crippen MR) is 121 cm³/mol. The van der Waals surface area contributed by atoms with Gasteiger partial charge in [-0.2, -0.15) is 0 Å². The first-order valence-corrected chi connectivity index (χ1v) is 9.99. The number of rotatable bonds is 7. The monoisotopic (exact) mass is 437 g/mol. The molecule has 0 amide bonds. The molecule has 0 spiro atoms. The largest absolute Gasteiger partial charge is 0.332 e. The highest BCUT2D eigenvalue weighted by atomic mass is 35.5. The van der Waals surface area contributed by atoms with Crippen molar-refractivity contribution in [1.82, 2.24) is 5.32 Å². The second kappa shape index (κ2) is 10.3. The van der Waals surface area contributed by atoms with Crippen LogP contribution in [0.2, 0.25) is 5.02 Å². The Morgan fingerprint density at radius 2 is 1.67 bits per heavy atom. The van der Waals surface area contributed by atoms with Crippen LogP contribution in [0.3, 0.4) is 0 Å². The average Bonchev–Trinajstić information content (AvgIpc) is 2.63. The van der Waals surface area contributed by atoms with E-state index in [1.54, 1.807) is 60.7 Å². The van der Waals surface area contributed by atoms with Gasteiger partial charge in [0.15, 0.2) is 5.11 Å². The first-order chi connectivity index (χ1) is 12.9. The Morgan fingerprint density at radius 1 is 1.07 bits per heavy atom. The molecule has 4 nitrogen and oxygen atoms in total. The van der Waals surface area contributed by atoms with Crippen molar-refractivity contribution in [3.63, 3.8) is 0 Å². The normalized spacial score (nSPS) is 12.0. The van der Waals surface area contributed by atoms with Crippen molar-refractivity contribution >= 4 is 62.9 Å². The Kier molecular flexibility index (Phi) is 8.06. The van der Waals surface area contributed by atoms with Gasteiger partial charge in [0, 0.05) is 27.1 Å². The minimum Gasteiger partial charge on any atom is -0.332 e. The molecule has 0 fully saturated rings. The fourth-order valence-corrected chi connectivity index (χ4v) is 3.28. The SMILES string of the molecule is C=C/C(=C\C(=C)Cl)NC(=S)Nc1ccc(S(=O)Nc2ccc(Cl)cc2)cc1. The van der Waals surface area contributed by atoms with Crippen LogP contribution < -0.4 is 15.4 Å². The molecule has 27 heavy (non-hydrogen) atoms. The molecule has 8 heteroatoms. The fraction of sp³-hybridized carbons (Fsp3) is 0. The van der Waals surface area contributed by atoms with Crippen LogP contribution in [-0.2, 0) is 11.0 Å². The second-order valence-corrected chi connectivity index (χ2v) is 7.78. The molecular formula is C19H17Cl2N3OS2. The molecule has 140 valence electrons. The standard InChI is InChI=1S/C19H17Cl2N3OS2/c1-3-15(12-13(2)20)22-19(26)23-16-8-10-18(11-9-16)27(25)24-17-6-4-14(21)5-7-17/h3-12,24H,1-2H2,(H2,22,23,26)/b15-12+. The van der Waals surface area contributed by atoms with E-state index in [-0.39, 0.29) is 0 Å². The van der Waals surface area contributed by atoms with Crippen molar-refractivity contribution in [2.75, 3.05) is 10.0 Å². The van der Waals surface area contributed by atoms with Crippen LogP contribution in [0.4, 0.5) is 11.4 Å². The number of hydrogen-bond acceptors (Lipinski definition) is 2. The topological polar surface area (TPSA) is 53.2 Å². The van der Waals surface area contributed by atoms with Crippen LogP contribution in [0, 0.1) is 0 Å². The number of allylic oxidation sites excluding steroid dienone is 3. The second-order valence-electron chi connectivity index (χ2n) is 5.23. The van der Waals surface area contributed by atoms with E-state index in [0.29, 0.717) is 25.8 Å². The zero-order valence-corrected chi connectivity index (χ0v) is 17.3. The lowest BCUT2D eigenvalue weighted by molar-refractivity contribution is 0.686. The van der Waals surface area contributed by atoms with Gasteiger partial charge in [-0.25, -0.2) is 4.21 Å². The molecule has 0 aliphatic carbocycles. The van der Waals surface area contributed by atoms with E-state index in [4.69, 9.17) is 35.4 Å². The minimum atomic E-state index is -1.40. The van der Waals surface area contributed by atoms with E-state index in [0.717, 1.165) is 11.4 Å². The van der Waals surface area contributed by atoms with Crippen LogP contribution in [0.15, 0.2) is 89.5 Å².